The van der Waals surface area contributed by atoms with E-state index in [4.69, 9.17) is 4.74 Å². The number of hydrogen-bond acceptors (Lipinski definition) is 6. The van der Waals surface area contributed by atoms with Crippen molar-refractivity contribution in [2.45, 2.75) is 45.7 Å². The lowest BCUT2D eigenvalue weighted by atomic mass is 10.0. The average Bonchev–Trinajstić information content (AvgIpc) is 3.00. The van der Waals surface area contributed by atoms with E-state index in [1.165, 1.54) is 6.33 Å². The molecule has 0 aromatic carbocycles. The summed E-state index contributed by atoms with van der Waals surface area (Å²) in [5.41, 5.74) is 1.12. The number of aromatic nitrogens is 3. The molecule has 2 aromatic heterocycles. The minimum absolute atomic E-state index is 0.286. The first kappa shape index (κ1) is 16.7. The van der Waals surface area contributed by atoms with Gasteiger partial charge in [-0.15, -0.1) is 0 Å². The van der Waals surface area contributed by atoms with Crippen molar-refractivity contribution >= 4 is 22.8 Å². The predicted octanol–water partition coefficient (Wildman–Crippen LogP) is 2.32. The predicted molar refractivity (Wildman–Crippen MR) is 93.1 cm³/mol. The van der Waals surface area contributed by atoms with Gasteiger partial charge in [-0.3, -0.25) is 0 Å². The number of ether oxygens (including phenoxy) is 1. The lowest BCUT2D eigenvalue weighted by Crippen LogP contribution is -2.43. The van der Waals surface area contributed by atoms with Gasteiger partial charge in [0.05, 0.1) is 17.6 Å². The van der Waals surface area contributed by atoms with Crippen LogP contribution in [0.2, 0.25) is 0 Å². The van der Waals surface area contributed by atoms with Crippen molar-refractivity contribution in [3.8, 4) is 0 Å². The van der Waals surface area contributed by atoms with Crippen molar-refractivity contribution in [2.24, 2.45) is 5.92 Å². The number of nitrogens with one attached hydrogen (secondary N) is 3. The van der Waals surface area contributed by atoms with Gasteiger partial charge in [0.2, 0.25) is 0 Å². The molecule has 0 aliphatic carbocycles. The third kappa shape index (κ3) is 3.67. The van der Waals surface area contributed by atoms with Crippen LogP contribution in [0.1, 0.15) is 44.0 Å². The zero-order valence-electron chi connectivity index (χ0n) is 14.4. The molecule has 0 radical (unpaired) electrons. The maximum Gasteiger partial charge on any atom is 0.340 e. The number of nitrogens with zero attached hydrogens (tertiary/aromatic N) is 2. The number of carbonyl (C=O) groups is 1. The Morgan fingerprint density at radius 1 is 1.42 bits per heavy atom. The molecule has 0 saturated carbocycles. The Balaban J connectivity index is 1.83. The van der Waals surface area contributed by atoms with E-state index in [-0.39, 0.29) is 12.0 Å². The number of piperidine rings is 1. The topological polar surface area (TPSA) is 91.9 Å². The van der Waals surface area contributed by atoms with Gasteiger partial charge in [-0.25, -0.2) is 14.8 Å². The third-order valence-corrected chi connectivity index (χ3v) is 4.24. The number of H-pyrrole nitrogens is 1. The Morgan fingerprint density at radius 2 is 2.25 bits per heavy atom. The fourth-order valence-electron chi connectivity index (χ4n) is 2.87. The number of carbonyl (C=O) groups excluding carboxylic acids is 1. The largest absolute Gasteiger partial charge is 0.462 e. The molecule has 0 amide bonds. The zero-order valence-corrected chi connectivity index (χ0v) is 14.4. The maximum absolute atomic E-state index is 12.4. The molecule has 1 aliphatic rings. The van der Waals surface area contributed by atoms with Crippen LogP contribution in [-0.4, -0.2) is 46.2 Å². The van der Waals surface area contributed by atoms with Gasteiger partial charge in [-0.05, 0) is 25.7 Å². The molecule has 0 bridgehead atoms. The Bertz CT molecular complexity index is 704. The van der Waals surface area contributed by atoms with Gasteiger partial charge in [0.1, 0.15) is 17.8 Å². The summed E-state index contributed by atoms with van der Waals surface area (Å²) in [6.07, 6.45) is 5.33. The van der Waals surface area contributed by atoms with E-state index in [2.05, 4.69) is 32.5 Å². The van der Waals surface area contributed by atoms with Crippen LogP contribution in [0.4, 0.5) is 5.82 Å². The second-order valence-electron chi connectivity index (χ2n) is 6.87. The first-order valence-electron chi connectivity index (χ1n) is 8.53. The van der Waals surface area contributed by atoms with E-state index in [9.17, 15) is 4.79 Å². The minimum Gasteiger partial charge on any atom is -0.462 e. The van der Waals surface area contributed by atoms with Crippen molar-refractivity contribution in [1.82, 2.24) is 20.3 Å². The van der Waals surface area contributed by atoms with Crippen LogP contribution in [0.3, 0.4) is 0 Å². The summed E-state index contributed by atoms with van der Waals surface area (Å²) in [6, 6.07) is 0.830. The smallest absolute Gasteiger partial charge is 0.340 e. The molecule has 2 aromatic rings. The van der Waals surface area contributed by atoms with E-state index >= 15 is 0 Å². The van der Waals surface area contributed by atoms with Crippen molar-refractivity contribution < 1.29 is 9.53 Å². The van der Waals surface area contributed by atoms with Crippen LogP contribution in [-0.2, 0) is 4.74 Å². The van der Waals surface area contributed by atoms with Crippen LogP contribution in [0.25, 0.3) is 11.0 Å². The molecular formula is C17H25N5O2. The van der Waals surface area contributed by atoms with E-state index in [0.29, 0.717) is 41.0 Å². The molecular weight excluding hydrogens is 306 g/mol. The molecule has 2 unspecified atom stereocenters. The highest BCUT2D eigenvalue weighted by molar-refractivity contribution is 6.07. The molecule has 130 valence electrons. The minimum atomic E-state index is -0.344. The summed E-state index contributed by atoms with van der Waals surface area (Å²) in [5.74, 6) is 0.630. The van der Waals surface area contributed by atoms with Gasteiger partial charge in [0, 0.05) is 24.8 Å². The molecule has 24 heavy (non-hydrogen) atoms. The highest BCUT2D eigenvalue weighted by Gasteiger charge is 2.22. The summed E-state index contributed by atoms with van der Waals surface area (Å²) in [7, 11) is 0. The van der Waals surface area contributed by atoms with Crippen LogP contribution < -0.4 is 10.6 Å². The first-order valence-corrected chi connectivity index (χ1v) is 8.53. The normalized spacial score (nSPS) is 21.2. The molecule has 1 fully saturated rings. The number of hydrogen-bond donors (Lipinski definition) is 3. The number of anilines is 1. The maximum atomic E-state index is 12.4. The Morgan fingerprint density at radius 3 is 2.96 bits per heavy atom. The Labute approximate surface area is 141 Å². The summed E-state index contributed by atoms with van der Waals surface area (Å²) in [5, 5.41) is 7.61. The fourth-order valence-corrected chi connectivity index (χ4v) is 2.87. The summed E-state index contributed by atoms with van der Waals surface area (Å²) >= 11 is 0. The Hall–Kier alpha value is -2.15. The Kier molecular flexibility index (Phi) is 4.99. The van der Waals surface area contributed by atoms with Crippen molar-refractivity contribution in [3.63, 3.8) is 0 Å². The number of fused-ring (bicyclic) bond motifs is 1. The molecule has 7 nitrogen and oxygen atoms in total. The molecule has 2 atom stereocenters. The van der Waals surface area contributed by atoms with Crippen LogP contribution in [0.15, 0.2) is 12.5 Å². The summed E-state index contributed by atoms with van der Waals surface area (Å²) < 4.78 is 5.36. The fraction of sp³-hybridized carbons (Fsp3) is 0.588. The number of rotatable bonds is 5. The molecule has 3 heterocycles. The molecule has 0 spiro atoms. The van der Waals surface area contributed by atoms with Crippen molar-refractivity contribution in [3.05, 3.63) is 18.1 Å². The highest BCUT2D eigenvalue weighted by Crippen LogP contribution is 2.25. The van der Waals surface area contributed by atoms with Gasteiger partial charge in [-0.1, -0.05) is 13.8 Å². The monoisotopic (exact) mass is 331 g/mol. The number of aromatic amines is 1. The lowest BCUT2D eigenvalue weighted by Gasteiger charge is -2.28. The van der Waals surface area contributed by atoms with Gasteiger partial charge in [-0.2, -0.15) is 0 Å². The van der Waals surface area contributed by atoms with Crippen LogP contribution >= 0.6 is 0 Å². The standard InChI is InChI=1S/C17H25N5O2/c1-10(2)8-24-17(23)13-7-19-15-14(13)16(21-9-20-15)22-12-5-4-11(3)18-6-12/h7,9-12,18H,4-6,8H2,1-3H3,(H2,19,20,21,22). The molecule has 3 N–H and O–H groups in total. The van der Waals surface area contributed by atoms with Crippen molar-refractivity contribution in [1.29, 1.82) is 0 Å². The summed E-state index contributed by atoms with van der Waals surface area (Å²) in [6.45, 7) is 7.48. The van der Waals surface area contributed by atoms with Gasteiger partial charge in [0.25, 0.3) is 0 Å². The van der Waals surface area contributed by atoms with Gasteiger partial charge < -0.3 is 20.4 Å². The van der Waals surface area contributed by atoms with E-state index in [1.54, 1.807) is 6.20 Å². The second kappa shape index (κ2) is 7.17. The lowest BCUT2D eigenvalue weighted by molar-refractivity contribution is 0.0461. The first-order chi connectivity index (χ1) is 11.5. The van der Waals surface area contributed by atoms with Crippen molar-refractivity contribution in [2.75, 3.05) is 18.5 Å². The van der Waals surface area contributed by atoms with Crippen LogP contribution in [0.5, 0.6) is 0 Å². The highest BCUT2D eigenvalue weighted by atomic mass is 16.5. The molecule has 1 aliphatic heterocycles. The zero-order chi connectivity index (χ0) is 17.1. The molecule has 3 rings (SSSR count). The van der Waals surface area contributed by atoms with E-state index in [0.717, 1.165) is 19.4 Å². The SMILES string of the molecule is CC(C)COC(=O)c1c[nH]c2ncnc(NC3CCC(C)NC3)c12. The summed E-state index contributed by atoms with van der Waals surface area (Å²) in [4.78, 5) is 24.0. The molecule has 1 saturated heterocycles. The molecule has 7 heteroatoms. The third-order valence-electron chi connectivity index (χ3n) is 4.24. The van der Waals surface area contributed by atoms with E-state index in [1.807, 2.05) is 13.8 Å². The van der Waals surface area contributed by atoms with Gasteiger partial charge in [0.15, 0.2) is 0 Å². The van der Waals surface area contributed by atoms with Crippen LogP contribution in [0, 0.1) is 5.92 Å². The van der Waals surface area contributed by atoms with Gasteiger partial charge >= 0.3 is 5.97 Å². The average molecular weight is 331 g/mol. The second-order valence-corrected chi connectivity index (χ2v) is 6.87. The van der Waals surface area contributed by atoms with E-state index < -0.39 is 0 Å². The quantitative estimate of drug-likeness (QED) is 0.728. The number of esters is 1.